The van der Waals surface area contributed by atoms with Crippen molar-refractivity contribution < 1.29 is 0 Å². The smallest absolute Gasteiger partial charge is 0.128 e. The van der Waals surface area contributed by atoms with Gasteiger partial charge in [0.25, 0.3) is 0 Å². The maximum absolute atomic E-state index is 9.11. The van der Waals surface area contributed by atoms with E-state index in [0.717, 1.165) is 25.3 Å². The molecule has 3 atom stereocenters. The average molecular weight is 451 g/mol. The fourth-order valence-corrected chi connectivity index (χ4v) is 4.78. The van der Waals surface area contributed by atoms with Gasteiger partial charge in [-0.1, -0.05) is 59.6 Å². The highest BCUT2D eigenvalue weighted by Crippen LogP contribution is 2.37. The first-order chi connectivity index (χ1) is 15.1. The lowest BCUT2D eigenvalue weighted by molar-refractivity contribution is 0.397. The Kier molecular flexibility index (Phi) is 6.77. The molecule has 2 aromatic carbocycles. The topological polar surface area (TPSA) is 52.0 Å². The van der Waals surface area contributed by atoms with Crippen molar-refractivity contribution in [1.29, 1.82) is 5.26 Å². The first-order valence-corrected chi connectivity index (χ1v) is 11.1. The summed E-state index contributed by atoms with van der Waals surface area (Å²) >= 11 is 12.5. The zero-order valence-corrected chi connectivity index (χ0v) is 18.8. The fourth-order valence-electron chi connectivity index (χ4n) is 4.47. The van der Waals surface area contributed by atoms with Crippen molar-refractivity contribution >= 4 is 29.0 Å². The molecule has 2 heterocycles. The maximum atomic E-state index is 9.11. The summed E-state index contributed by atoms with van der Waals surface area (Å²) in [6, 6.07) is 22.6. The number of hydrogen-bond donors (Lipinski definition) is 1. The van der Waals surface area contributed by atoms with E-state index in [1.165, 1.54) is 11.1 Å². The molecule has 0 saturated carbocycles. The van der Waals surface area contributed by atoms with Gasteiger partial charge in [-0.15, -0.1) is 0 Å². The number of likely N-dealkylation sites (N-methyl/N-ethyl adjacent to an activating group) is 1. The molecule has 1 unspecified atom stereocenters. The Morgan fingerprint density at radius 2 is 1.90 bits per heavy atom. The number of hydrogen-bond acceptors (Lipinski definition) is 4. The number of nitriles is 1. The lowest BCUT2D eigenvalue weighted by Crippen LogP contribution is -2.43. The molecular weight excluding hydrogens is 427 g/mol. The molecule has 1 aliphatic rings. The average Bonchev–Trinajstić information content (AvgIpc) is 3.29. The summed E-state index contributed by atoms with van der Waals surface area (Å²) in [5.41, 5.74) is 3.05. The van der Waals surface area contributed by atoms with Crippen LogP contribution in [-0.2, 0) is 6.42 Å². The highest BCUT2D eigenvalue weighted by molar-refractivity contribution is 6.42. The highest BCUT2D eigenvalue weighted by Gasteiger charge is 2.37. The van der Waals surface area contributed by atoms with Gasteiger partial charge in [-0.05, 0) is 41.8 Å². The highest BCUT2D eigenvalue weighted by atomic mass is 35.5. The van der Waals surface area contributed by atoms with Gasteiger partial charge in [-0.25, -0.2) is 4.98 Å². The second-order valence-electron chi connectivity index (χ2n) is 7.99. The van der Waals surface area contributed by atoms with Crippen LogP contribution in [0.3, 0.4) is 0 Å². The van der Waals surface area contributed by atoms with Gasteiger partial charge in [0.05, 0.1) is 15.6 Å². The van der Waals surface area contributed by atoms with Gasteiger partial charge in [-0.3, -0.25) is 0 Å². The second kappa shape index (κ2) is 9.70. The summed E-state index contributed by atoms with van der Waals surface area (Å²) < 4.78 is 0. The normalized spacial score (nSPS) is 19.0. The van der Waals surface area contributed by atoms with Gasteiger partial charge in [0, 0.05) is 44.2 Å². The van der Waals surface area contributed by atoms with Crippen LogP contribution in [0.1, 0.15) is 22.6 Å². The van der Waals surface area contributed by atoms with Crippen LogP contribution >= 0.6 is 23.2 Å². The van der Waals surface area contributed by atoms with Crippen LogP contribution in [-0.4, -0.2) is 31.2 Å². The Labute approximate surface area is 193 Å². The molecule has 0 aliphatic carbocycles. The first kappa shape index (κ1) is 21.6. The molecule has 1 N–H and O–H groups in total. The van der Waals surface area contributed by atoms with Gasteiger partial charge in [0.1, 0.15) is 11.9 Å². The molecule has 0 spiro atoms. The monoisotopic (exact) mass is 450 g/mol. The van der Waals surface area contributed by atoms with Crippen LogP contribution in [0.4, 0.5) is 5.82 Å². The Morgan fingerprint density at radius 1 is 1.10 bits per heavy atom. The number of aromatic nitrogens is 1. The van der Waals surface area contributed by atoms with E-state index in [9.17, 15) is 0 Å². The van der Waals surface area contributed by atoms with E-state index >= 15 is 0 Å². The summed E-state index contributed by atoms with van der Waals surface area (Å²) in [4.78, 5) is 6.80. The van der Waals surface area contributed by atoms with Crippen LogP contribution in [0.15, 0.2) is 66.9 Å². The van der Waals surface area contributed by atoms with Gasteiger partial charge in [0.15, 0.2) is 0 Å². The molecule has 31 heavy (non-hydrogen) atoms. The molecule has 6 heteroatoms. The quantitative estimate of drug-likeness (QED) is 0.552. The minimum Gasteiger partial charge on any atom is -0.356 e. The summed E-state index contributed by atoms with van der Waals surface area (Å²) in [6.07, 6.45) is 2.53. The minimum atomic E-state index is 0.206. The van der Waals surface area contributed by atoms with Crippen molar-refractivity contribution in [3.63, 3.8) is 0 Å². The zero-order valence-electron chi connectivity index (χ0n) is 17.3. The number of benzene rings is 2. The molecule has 0 radical (unpaired) electrons. The van der Waals surface area contributed by atoms with E-state index < -0.39 is 0 Å². The summed E-state index contributed by atoms with van der Waals surface area (Å²) in [6.45, 7) is 1.80. The third-order valence-electron chi connectivity index (χ3n) is 6.15. The Hall–Kier alpha value is -2.58. The summed E-state index contributed by atoms with van der Waals surface area (Å²) in [5.74, 6) is 1.52. The predicted molar refractivity (Wildman–Crippen MR) is 127 cm³/mol. The number of nitrogens with zero attached hydrogens (tertiary/aromatic N) is 3. The molecule has 1 fully saturated rings. The van der Waals surface area contributed by atoms with Gasteiger partial charge >= 0.3 is 0 Å². The van der Waals surface area contributed by atoms with Crippen molar-refractivity contribution in [1.82, 2.24) is 10.3 Å². The number of anilines is 1. The van der Waals surface area contributed by atoms with E-state index in [1.807, 2.05) is 30.3 Å². The lowest BCUT2D eigenvalue weighted by Gasteiger charge is -2.36. The minimum absolute atomic E-state index is 0.206. The Balaban J connectivity index is 1.68. The van der Waals surface area contributed by atoms with Gasteiger partial charge in [0.2, 0.25) is 0 Å². The lowest BCUT2D eigenvalue weighted by atomic mass is 9.81. The maximum Gasteiger partial charge on any atom is 0.128 e. The zero-order chi connectivity index (χ0) is 21.8. The number of rotatable bonds is 6. The molecule has 158 valence electrons. The fraction of sp³-hybridized carbons (Fsp3) is 0.280. The van der Waals surface area contributed by atoms with E-state index in [1.54, 1.807) is 6.20 Å². The summed E-state index contributed by atoms with van der Waals surface area (Å²) in [5, 5.41) is 13.9. The van der Waals surface area contributed by atoms with Crippen molar-refractivity contribution in [2.75, 3.05) is 25.0 Å². The SMILES string of the molecule is CN(c1ccc(C#N)cn1)C(Cc1ccccc1)[C@H]1CNC[C@@H]1c1ccc(Cl)c(Cl)c1. The molecule has 0 amide bonds. The molecule has 1 aromatic heterocycles. The Morgan fingerprint density at radius 3 is 2.58 bits per heavy atom. The van der Waals surface area contributed by atoms with Crippen molar-refractivity contribution in [3.8, 4) is 6.07 Å². The van der Waals surface area contributed by atoms with Crippen LogP contribution in [0, 0.1) is 17.2 Å². The molecule has 4 nitrogen and oxygen atoms in total. The van der Waals surface area contributed by atoms with Crippen molar-refractivity contribution in [2.45, 2.75) is 18.4 Å². The molecule has 3 aromatic rings. The molecule has 4 rings (SSSR count). The van der Waals surface area contributed by atoms with Crippen LogP contribution in [0.5, 0.6) is 0 Å². The molecule has 1 saturated heterocycles. The summed E-state index contributed by atoms with van der Waals surface area (Å²) in [7, 11) is 2.09. The third kappa shape index (κ3) is 4.85. The number of pyridine rings is 1. The molecular formula is C25H24Cl2N4. The van der Waals surface area contributed by atoms with E-state index in [4.69, 9.17) is 28.5 Å². The first-order valence-electron chi connectivity index (χ1n) is 10.4. The second-order valence-corrected chi connectivity index (χ2v) is 8.80. The van der Waals surface area contributed by atoms with Gasteiger partial charge < -0.3 is 10.2 Å². The third-order valence-corrected chi connectivity index (χ3v) is 6.89. The standard InChI is InChI=1S/C25H24Cl2N4/c1-31(25-10-7-18(13-28)14-30-25)24(11-17-5-3-2-4-6-17)21-16-29-15-20(21)19-8-9-22(26)23(27)12-19/h2-10,12,14,20-21,24,29H,11,15-16H2,1H3/t20-,21+,24?/m1/s1. The number of halogens is 2. The van der Waals surface area contributed by atoms with Crippen LogP contribution < -0.4 is 10.2 Å². The van der Waals surface area contributed by atoms with E-state index in [0.29, 0.717) is 27.4 Å². The predicted octanol–water partition coefficient (Wildman–Crippen LogP) is 5.31. The van der Waals surface area contributed by atoms with Crippen molar-refractivity contribution in [3.05, 3.63) is 93.6 Å². The molecule has 1 aliphatic heterocycles. The number of nitrogens with one attached hydrogen (secondary N) is 1. The van der Waals surface area contributed by atoms with E-state index in [2.05, 4.69) is 58.6 Å². The van der Waals surface area contributed by atoms with Crippen LogP contribution in [0.2, 0.25) is 10.0 Å². The molecule has 0 bridgehead atoms. The Bertz CT molecular complexity index is 1060. The van der Waals surface area contributed by atoms with E-state index in [-0.39, 0.29) is 6.04 Å². The van der Waals surface area contributed by atoms with Gasteiger partial charge in [-0.2, -0.15) is 5.26 Å². The van der Waals surface area contributed by atoms with Crippen molar-refractivity contribution in [2.24, 2.45) is 5.92 Å². The largest absolute Gasteiger partial charge is 0.356 e. The van der Waals surface area contributed by atoms with Crippen LogP contribution in [0.25, 0.3) is 0 Å².